The van der Waals surface area contributed by atoms with Gasteiger partial charge < -0.3 is 10.2 Å². The summed E-state index contributed by atoms with van der Waals surface area (Å²) < 4.78 is 0. The number of rotatable bonds is 0. The van der Waals surface area contributed by atoms with Crippen LogP contribution in [0.15, 0.2) is 97.3 Å². The Morgan fingerprint density at radius 1 is 0.452 bits per heavy atom. The van der Waals surface area contributed by atoms with Crippen molar-refractivity contribution >= 4 is 66.4 Å². The predicted molar refractivity (Wildman–Crippen MR) is 121 cm³/mol. The molecule has 6 aromatic rings. The van der Waals surface area contributed by atoms with Crippen molar-refractivity contribution in [3.05, 3.63) is 97.3 Å². The molecule has 2 N–H and O–H groups in total. The molecule has 0 fully saturated rings. The Morgan fingerprint density at radius 3 is 1.29 bits per heavy atom. The number of nitrogens with one attached hydrogen (secondary N) is 2. The third-order valence-corrected chi connectivity index (χ3v) is 5.28. The summed E-state index contributed by atoms with van der Waals surface area (Å²) in [6.45, 7) is 0. The molecule has 0 aliphatic heterocycles. The van der Waals surface area contributed by atoms with E-state index in [1.54, 1.807) is 24.3 Å². The second-order valence-electron chi connectivity index (χ2n) is 7.11. The quantitative estimate of drug-likeness (QED) is 0.282. The van der Waals surface area contributed by atoms with Crippen LogP contribution in [0.3, 0.4) is 0 Å². The van der Waals surface area contributed by atoms with Gasteiger partial charge in [0.2, 0.25) is 11.0 Å². The van der Waals surface area contributed by atoms with E-state index < -0.39 is 0 Å². The van der Waals surface area contributed by atoms with Gasteiger partial charge in [-0.25, -0.2) is 9.97 Å². The van der Waals surface area contributed by atoms with E-state index in [4.69, 9.17) is 0 Å². The fourth-order valence-electron chi connectivity index (χ4n) is 3.88. The van der Waals surface area contributed by atoms with Crippen molar-refractivity contribution in [2.75, 3.05) is 0 Å². The monoisotopic (exact) mass is 414 g/mol. The zero-order chi connectivity index (χ0) is 20.5. The molecule has 0 atom stereocenters. The summed E-state index contributed by atoms with van der Waals surface area (Å²) in [4.78, 5) is 6.27. The Bertz CT molecular complexity index is 1420. The first kappa shape index (κ1) is 20.8. The molecule has 0 aliphatic rings. The van der Waals surface area contributed by atoms with E-state index in [0.717, 1.165) is 43.4 Å². The zero-order valence-corrected chi connectivity index (χ0v) is 18.2. The van der Waals surface area contributed by atoms with Crippen LogP contribution in [0.5, 0.6) is 11.5 Å². The second kappa shape index (κ2) is 8.76. The van der Waals surface area contributed by atoms with Crippen molar-refractivity contribution in [2.24, 2.45) is 0 Å². The Morgan fingerprint density at radius 2 is 0.839 bits per heavy atom. The van der Waals surface area contributed by atoms with Crippen LogP contribution in [0.2, 0.25) is 0 Å². The number of pyridine rings is 2. The van der Waals surface area contributed by atoms with Crippen LogP contribution in [0.1, 0.15) is 0 Å². The average molecular weight is 415 g/mol. The molecule has 2 heterocycles. The minimum Gasteiger partial charge on any atom is -0.872 e. The van der Waals surface area contributed by atoms with Crippen molar-refractivity contribution < 1.29 is 20.2 Å². The maximum Gasteiger partial charge on any atom is 2.00 e. The van der Waals surface area contributed by atoms with Gasteiger partial charge in [0.05, 0.1) is 0 Å². The molecule has 4 nitrogen and oxygen atoms in total. The van der Waals surface area contributed by atoms with E-state index in [1.807, 2.05) is 73.1 Å². The van der Waals surface area contributed by atoms with E-state index in [0.29, 0.717) is 0 Å². The van der Waals surface area contributed by atoms with Crippen molar-refractivity contribution in [1.82, 2.24) is 0 Å². The summed E-state index contributed by atoms with van der Waals surface area (Å²) in [5, 5.41) is 29.2. The molecule has 5 heteroatoms. The third kappa shape index (κ3) is 3.85. The van der Waals surface area contributed by atoms with Gasteiger partial charge >= 0.3 is 23.1 Å². The number of aromatic amines is 2. The van der Waals surface area contributed by atoms with Gasteiger partial charge in [-0.1, -0.05) is 60.0 Å². The van der Waals surface area contributed by atoms with E-state index in [1.165, 1.54) is 0 Å². The normalized spacial score (nSPS) is 10.6. The summed E-state index contributed by atoms with van der Waals surface area (Å²) in [7, 11) is 0. The van der Waals surface area contributed by atoms with Crippen LogP contribution in [0.4, 0.5) is 0 Å². The van der Waals surface area contributed by atoms with Gasteiger partial charge in [-0.05, 0) is 35.0 Å². The molecular weight excluding hydrogens is 397 g/mol. The molecule has 0 radical (unpaired) electrons. The number of H-pyrrole nitrogens is 2. The average Bonchev–Trinajstić information content (AvgIpc) is 2.79. The number of aromatic nitrogens is 2. The first-order valence-electron chi connectivity index (χ1n) is 9.71. The Balaban J connectivity index is 0.000000144. The maximum absolute atomic E-state index is 11.8. The van der Waals surface area contributed by atoms with E-state index in [-0.39, 0.29) is 34.6 Å². The minimum atomic E-state index is 0. The van der Waals surface area contributed by atoms with Crippen LogP contribution in [0, 0.1) is 0 Å². The second-order valence-corrected chi connectivity index (χ2v) is 7.11. The van der Waals surface area contributed by atoms with Crippen LogP contribution in [0.25, 0.3) is 43.4 Å². The van der Waals surface area contributed by atoms with Crippen LogP contribution < -0.4 is 20.2 Å². The summed E-state index contributed by atoms with van der Waals surface area (Å²) in [6, 6.07) is 26.6. The molecule has 31 heavy (non-hydrogen) atoms. The zero-order valence-electron chi connectivity index (χ0n) is 16.8. The SMILES string of the molecule is [Mg+2].[O-]c1cccc2ccc3ccc[nH+]c3c12.[O-]c1cccc2ccc3ccc[nH+]c3c12. The Kier molecular flexibility index (Phi) is 5.89. The number of fused-ring (bicyclic) bond motifs is 6. The van der Waals surface area contributed by atoms with Crippen molar-refractivity contribution in [1.29, 1.82) is 0 Å². The van der Waals surface area contributed by atoms with Gasteiger partial charge in [0.15, 0.2) is 12.4 Å². The summed E-state index contributed by atoms with van der Waals surface area (Å²) in [6.07, 6.45) is 3.68. The molecule has 2 aromatic heterocycles. The molecular formula is C26H18MgN2O2+2. The minimum absolute atomic E-state index is 0. The maximum atomic E-state index is 11.8. The molecule has 6 rings (SSSR count). The molecule has 0 unspecified atom stereocenters. The van der Waals surface area contributed by atoms with Crippen LogP contribution >= 0.6 is 0 Å². The number of hydrogen-bond acceptors (Lipinski definition) is 2. The Hall–Kier alpha value is -3.41. The van der Waals surface area contributed by atoms with Gasteiger partial charge in [0.1, 0.15) is 0 Å². The summed E-state index contributed by atoms with van der Waals surface area (Å²) in [5.41, 5.74) is 1.83. The molecule has 4 aromatic carbocycles. The molecule has 0 aliphatic carbocycles. The number of hydrogen-bond donors (Lipinski definition) is 0. The first-order chi connectivity index (χ1) is 14.7. The Labute approximate surface area is 195 Å². The largest absolute Gasteiger partial charge is 2.00 e. The van der Waals surface area contributed by atoms with E-state index in [9.17, 15) is 10.2 Å². The molecule has 0 saturated carbocycles. The first-order valence-corrected chi connectivity index (χ1v) is 9.71. The van der Waals surface area contributed by atoms with Gasteiger partial charge in [0.25, 0.3) is 0 Å². The van der Waals surface area contributed by atoms with Crippen LogP contribution in [-0.4, -0.2) is 23.1 Å². The molecule has 0 spiro atoms. The van der Waals surface area contributed by atoms with Gasteiger partial charge in [-0.3, -0.25) is 0 Å². The van der Waals surface area contributed by atoms with E-state index >= 15 is 0 Å². The molecule has 0 amide bonds. The fraction of sp³-hybridized carbons (Fsp3) is 0. The smallest absolute Gasteiger partial charge is 0.872 e. The fourth-order valence-corrected chi connectivity index (χ4v) is 3.88. The molecule has 144 valence electrons. The van der Waals surface area contributed by atoms with Gasteiger partial charge in [0, 0.05) is 33.7 Å². The van der Waals surface area contributed by atoms with Crippen molar-refractivity contribution in [3.8, 4) is 11.5 Å². The van der Waals surface area contributed by atoms with Crippen molar-refractivity contribution in [3.63, 3.8) is 0 Å². The summed E-state index contributed by atoms with van der Waals surface area (Å²) >= 11 is 0. The van der Waals surface area contributed by atoms with Gasteiger partial charge in [-0.15, -0.1) is 0 Å². The predicted octanol–water partition coefficient (Wildman–Crippen LogP) is 3.38. The molecule has 0 saturated heterocycles. The van der Waals surface area contributed by atoms with E-state index in [2.05, 4.69) is 9.97 Å². The third-order valence-electron chi connectivity index (χ3n) is 5.28. The standard InChI is InChI=1S/2C13H9NO.Mg/c2*15-11-5-1-3-9-6-7-10-4-2-8-14-13(10)12(9)11;/h2*1-8,15H;/q;;+2. The number of benzene rings is 4. The molecule has 0 bridgehead atoms. The van der Waals surface area contributed by atoms with Gasteiger partial charge in [-0.2, -0.15) is 0 Å². The van der Waals surface area contributed by atoms with Crippen molar-refractivity contribution in [2.45, 2.75) is 0 Å². The van der Waals surface area contributed by atoms with Crippen LogP contribution in [-0.2, 0) is 0 Å². The summed E-state index contributed by atoms with van der Waals surface area (Å²) in [5.74, 6) is 0.140. The topological polar surface area (TPSA) is 74.4 Å².